The summed E-state index contributed by atoms with van der Waals surface area (Å²) in [6.07, 6.45) is 1.72. The smallest absolute Gasteiger partial charge is 0.338 e. The van der Waals surface area contributed by atoms with Gasteiger partial charge in [-0.2, -0.15) is 0 Å². The monoisotopic (exact) mass is 399 g/mol. The molecule has 2 N–H and O–H groups in total. The first kappa shape index (κ1) is 21.5. The molecule has 0 fully saturated rings. The van der Waals surface area contributed by atoms with Gasteiger partial charge in [-0.3, -0.25) is 19.7 Å². The fourth-order valence-corrected chi connectivity index (χ4v) is 2.31. The van der Waals surface area contributed by atoms with E-state index in [4.69, 9.17) is 4.74 Å². The number of anilines is 1. The number of hydrogen-bond acceptors (Lipinski definition) is 6. The van der Waals surface area contributed by atoms with Gasteiger partial charge in [-0.15, -0.1) is 0 Å². The number of non-ortho nitro benzene ring substituents is 1. The molecule has 9 nitrogen and oxygen atoms in total. The van der Waals surface area contributed by atoms with Gasteiger partial charge in [-0.05, 0) is 36.8 Å². The summed E-state index contributed by atoms with van der Waals surface area (Å²) >= 11 is 0. The number of amides is 2. The summed E-state index contributed by atoms with van der Waals surface area (Å²) in [6, 6.07) is 11.4. The minimum Gasteiger partial charge on any atom is -0.462 e. The van der Waals surface area contributed by atoms with Crippen LogP contribution in [0.3, 0.4) is 0 Å². The summed E-state index contributed by atoms with van der Waals surface area (Å²) in [5.41, 5.74) is 0.691. The maximum absolute atomic E-state index is 12.0. The van der Waals surface area contributed by atoms with Gasteiger partial charge in [0.1, 0.15) is 0 Å². The number of hydrogen-bond donors (Lipinski definition) is 2. The Morgan fingerprint density at radius 2 is 1.79 bits per heavy atom. The van der Waals surface area contributed by atoms with Gasteiger partial charge in [0.25, 0.3) is 11.6 Å². The Morgan fingerprint density at radius 1 is 1.07 bits per heavy atom. The van der Waals surface area contributed by atoms with Gasteiger partial charge >= 0.3 is 5.97 Å². The van der Waals surface area contributed by atoms with Gasteiger partial charge in [-0.1, -0.05) is 19.4 Å². The summed E-state index contributed by atoms with van der Waals surface area (Å²) in [4.78, 5) is 46.0. The number of ether oxygens (including phenoxy) is 1. The molecule has 29 heavy (non-hydrogen) atoms. The third kappa shape index (κ3) is 6.73. The molecule has 0 aromatic heterocycles. The Labute approximate surface area is 167 Å². The molecule has 0 aliphatic rings. The number of nitrogens with one attached hydrogen (secondary N) is 2. The maximum atomic E-state index is 12.0. The second-order valence-electron chi connectivity index (χ2n) is 6.11. The van der Waals surface area contributed by atoms with E-state index in [-0.39, 0.29) is 17.8 Å². The average molecular weight is 399 g/mol. The minimum absolute atomic E-state index is 0.0814. The van der Waals surface area contributed by atoms with Crippen LogP contribution < -0.4 is 10.6 Å². The molecule has 0 spiro atoms. The topological polar surface area (TPSA) is 128 Å². The molecule has 0 aliphatic heterocycles. The van der Waals surface area contributed by atoms with Crippen LogP contribution in [0.5, 0.6) is 0 Å². The molecule has 2 amide bonds. The molecule has 0 unspecified atom stereocenters. The number of carbonyl (C=O) groups excluding carboxylic acids is 3. The van der Waals surface area contributed by atoms with E-state index in [9.17, 15) is 24.5 Å². The predicted octanol–water partition coefficient (Wildman–Crippen LogP) is 2.92. The second-order valence-corrected chi connectivity index (χ2v) is 6.11. The molecular weight excluding hydrogens is 378 g/mol. The van der Waals surface area contributed by atoms with Crippen LogP contribution in [0.15, 0.2) is 48.5 Å². The predicted molar refractivity (Wildman–Crippen MR) is 106 cm³/mol. The van der Waals surface area contributed by atoms with Crippen molar-refractivity contribution in [2.24, 2.45) is 0 Å². The number of unbranched alkanes of at least 4 members (excludes halogenated alkanes) is 1. The number of rotatable bonds is 9. The SMILES string of the molecule is CCCCOC(=O)c1ccc(NC(=O)CNC(=O)c2cccc([N+](=O)[O-])c2)cc1. The molecule has 0 aliphatic carbocycles. The highest BCUT2D eigenvalue weighted by Crippen LogP contribution is 2.13. The molecule has 9 heteroatoms. The molecule has 0 bridgehead atoms. The number of nitro groups is 1. The lowest BCUT2D eigenvalue weighted by Crippen LogP contribution is -2.32. The van der Waals surface area contributed by atoms with Crippen LogP contribution >= 0.6 is 0 Å². The van der Waals surface area contributed by atoms with E-state index in [2.05, 4.69) is 10.6 Å². The van der Waals surface area contributed by atoms with Crippen LogP contribution in [0.1, 0.15) is 40.5 Å². The molecule has 152 valence electrons. The first-order valence-electron chi connectivity index (χ1n) is 9.00. The molecule has 2 aromatic rings. The fourth-order valence-electron chi connectivity index (χ4n) is 2.31. The van der Waals surface area contributed by atoms with Crippen LogP contribution in [-0.4, -0.2) is 35.9 Å². The quantitative estimate of drug-likeness (QED) is 0.289. The highest BCUT2D eigenvalue weighted by atomic mass is 16.6. The largest absolute Gasteiger partial charge is 0.462 e. The Morgan fingerprint density at radius 3 is 2.45 bits per heavy atom. The van der Waals surface area contributed by atoms with Crippen molar-refractivity contribution in [1.82, 2.24) is 5.32 Å². The van der Waals surface area contributed by atoms with Gasteiger partial charge in [0.05, 0.1) is 23.6 Å². The van der Waals surface area contributed by atoms with E-state index < -0.39 is 22.7 Å². The van der Waals surface area contributed by atoms with E-state index >= 15 is 0 Å². The summed E-state index contributed by atoms with van der Waals surface area (Å²) in [5, 5.41) is 15.7. The van der Waals surface area contributed by atoms with Crippen LogP contribution in [0.2, 0.25) is 0 Å². The molecule has 0 saturated heterocycles. The van der Waals surface area contributed by atoms with Crippen LogP contribution in [0, 0.1) is 10.1 Å². The number of esters is 1. The fraction of sp³-hybridized carbons (Fsp3) is 0.250. The zero-order chi connectivity index (χ0) is 21.2. The van der Waals surface area contributed by atoms with Gasteiger partial charge < -0.3 is 15.4 Å². The third-order valence-electron chi connectivity index (χ3n) is 3.86. The van der Waals surface area contributed by atoms with Crippen molar-refractivity contribution in [3.05, 3.63) is 69.8 Å². The van der Waals surface area contributed by atoms with Gasteiger partial charge in [0.15, 0.2) is 0 Å². The molecule has 2 aromatic carbocycles. The second kappa shape index (κ2) is 10.5. The molecular formula is C20H21N3O6. The van der Waals surface area contributed by atoms with Crippen LogP contribution in [0.4, 0.5) is 11.4 Å². The molecule has 2 rings (SSSR count). The number of benzene rings is 2. The van der Waals surface area contributed by atoms with Crippen molar-refractivity contribution in [2.45, 2.75) is 19.8 Å². The summed E-state index contributed by atoms with van der Waals surface area (Å²) in [6.45, 7) is 2.04. The van der Waals surface area contributed by atoms with Gasteiger partial charge in [-0.25, -0.2) is 4.79 Å². The van der Waals surface area contributed by atoms with Gasteiger partial charge in [0, 0.05) is 23.4 Å². The molecule has 0 atom stereocenters. The van der Waals surface area contributed by atoms with Crippen LogP contribution in [0.25, 0.3) is 0 Å². The normalized spacial score (nSPS) is 10.1. The Hall–Kier alpha value is -3.75. The maximum Gasteiger partial charge on any atom is 0.338 e. The van der Waals surface area contributed by atoms with Crippen molar-refractivity contribution < 1.29 is 24.0 Å². The first-order chi connectivity index (χ1) is 13.9. The van der Waals surface area contributed by atoms with Crippen molar-refractivity contribution in [1.29, 1.82) is 0 Å². The van der Waals surface area contributed by atoms with Crippen molar-refractivity contribution in [2.75, 3.05) is 18.5 Å². The van der Waals surface area contributed by atoms with E-state index in [1.165, 1.54) is 30.3 Å². The number of nitro benzene ring substituents is 1. The lowest BCUT2D eigenvalue weighted by atomic mass is 10.2. The molecule has 0 saturated carbocycles. The van der Waals surface area contributed by atoms with E-state index in [1.54, 1.807) is 12.1 Å². The van der Waals surface area contributed by atoms with E-state index in [0.717, 1.165) is 18.9 Å². The lowest BCUT2D eigenvalue weighted by molar-refractivity contribution is -0.384. The Kier molecular flexibility index (Phi) is 7.84. The van der Waals surface area contributed by atoms with Crippen molar-refractivity contribution in [3.63, 3.8) is 0 Å². The third-order valence-corrected chi connectivity index (χ3v) is 3.86. The average Bonchev–Trinajstić information content (AvgIpc) is 2.72. The summed E-state index contributed by atoms with van der Waals surface area (Å²) in [7, 11) is 0. The number of carbonyl (C=O) groups is 3. The highest BCUT2D eigenvalue weighted by molar-refractivity contribution is 5.99. The van der Waals surface area contributed by atoms with Crippen molar-refractivity contribution in [3.8, 4) is 0 Å². The highest BCUT2D eigenvalue weighted by Gasteiger charge is 2.13. The standard InChI is InChI=1S/C20H21N3O6/c1-2-3-11-29-20(26)14-7-9-16(10-8-14)22-18(24)13-21-19(25)15-5-4-6-17(12-15)23(27)28/h4-10,12H,2-3,11,13H2,1H3,(H,21,25)(H,22,24). The summed E-state index contributed by atoms with van der Waals surface area (Å²) < 4.78 is 5.10. The van der Waals surface area contributed by atoms with E-state index in [1.807, 2.05) is 6.92 Å². The summed E-state index contributed by atoms with van der Waals surface area (Å²) in [5.74, 6) is -1.52. The van der Waals surface area contributed by atoms with Gasteiger partial charge in [0.2, 0.25) is 5.91 Å². The lowest BCUT2D eigenvalue weighted by Gasteiger charge is -2.08. The van der Waals surface area contributed by atoms with E-state index in [0.29, 0.717) is 17.9 Å². The zero-order valence-corrected chi connectivity index (χ0v) is 15.8. The zero-order valence-electron chi connectivity index (χ0n) is 15.8. The minimum atomic E-state index is -0.604. The van der Waals surface area contributed by atoms with Crippen LogP contribution in [-0.2, 0) is 9.53 Å². The Balaban J connectivity index is 1.84. The first-order valence-corrected chi connectivity index (χ1v) is 9.00. The van der Waals surface area contributed by atoms with Crippen molar-refractivity contribution >= 4 is 29.2 Å². The number of nitrogens with zero attached hydrogens (tertiary/aromatic N) is 1. The molecule has 0 radical (unpaired) electrons. The molecule has 0 heterocycles. The Bertz CT molecular complexity index is 895.